The van der Waals surface area contributed by atoms with Gasteiger partial charge in [0.05, 0.1) is 18.2 Å². The average molecular weight is 544 g/mol. The third kappa shape index (κ3) is 6.58. The molecule has 2 fully saturated rings. The SMILES string of the molecule is Cc1cccc(C(CC(=O)O)NC(=O)C2N(C(=O)C3CCCO3)CCCN2S(=O)(=O)Cc2ccccc2)c1. The number of amides is 2. The first-order valence-electron chi connectivity index (χ1n) is 12.7. The van der Waals surface area contributed by atoms with Crippen LogP contribution < -0.4 is 5.32 Å². The minimum absolute atomic E-state index is 0.0522. The summed E-state index contributed by atoms with van der Waals surface area (Å²) >= 11 is 0. The minimum Gasteiger partial charge on any atom is -0.481 e. The zero-order valence-electron chi connectivity index (χ0n) is 21.3. The molecule has 2 aromatic rings. The van der Waals surface area contributed by atoms with Gasteiger partial charge in [-0.15, -0.1) is 0 Å². The van der Waals surface area contributed by atoms with E-state index in [2.05, 4.69) is 5.32 Å². The third-order valence-electron chi connectivity index (χ3n) is 6.76. The monoisotopic (exact) mass is 543 g/mol. The summed E-state index contributed by atoms with van der Waals surface area (Å²) in [5.41, 5.74) is 2.01. The molecule has 4 rings (SSSR count). The first-order valence-corrected chi connectivity index (χ1v) is 14.3. The van der Waals surface area contributed by atoms with Crippen LogP contribution in [0.1, 0.15) is 48.4 Å². The molecule has 3 atom stereocenters. The predicted molar refractivity (Wildman–Crippen MR) is 139 cm³/mol. The molecule has 0 aliphatic carbocycles. The first kappa shape index (κ1) is 27.7. The Balaban J connectivity index is 1.68. The first-order chi connectivity index (χ1) is 18.2. The molecule has 204 valence electrons. The summed E-state index contributed by atoms with van der Waals surface area (Å²) in [6.45, 7) is 2.51. The Bertz CT molecular complexity index is 1260. The molecule has 3 unspecified atom stereocenters. The minimum atomic E-state index is -4.03. The number of ether oxygens (including phenoxy) is 1. The van der Waals surface area contributed by atoms with E-state index in [1.165, 1.54) is 4.90 Å². The lowest BCUT2D eigenvalue weighted by Gasteiger charge is -2.43. The average Bonchev–Trinajstić information content (AvgIpc) is 3.42. The number of benzene rings is 2. The number of nitrogens with zero attached hydrogens (tertiary/aromatic N) is 2. The molecule has 0 saturated carbocycles. The second-order valence-corrected chi connectivity index (χ2v) is 11.6. The van der Waals surface area contributed by atoms with Gasteiger partial charge in [0.15, 0.2) is 6.17 Å². The molecule has 2 aromatic carbocycles. The highest BCUT2D eigenvalue weighted by atomic mass is 32.2. The molecule has 2 heterocycles. The van der Waals surface area contributed by atoms with E-state index in [0.717, 1.165) is 9.87 Å². The van der Waals surface area contributed by atoms with Gasteiger partial charge in [-0.25, -0.2) is 8.42 Å². The predicted octanol–water partition coefficient (Wildman–Crippen LogP) is 2.20. The number of nitrogens with one attached hydrogen (secondary N) is 1. The van der Waals surface area contributed by atoms with E-state index in [-0.39, 0.29) is 18.8 Å². The molecule has 2 amide bonds. The molecule has 0 bridgehead atoms. The summed E-state index contributed by atoms with van der Waals surface area (Å²) in [7, 11) is -4.03. The highest BCUT2D eigenvalue weighted by Gasteiger charge is 2.46. The maximum Gasteiger partial charge on any atom is 0.305 e. The van der Waals surface area contributed by atoms with Crippen molar-refractivity contribution in [2.75, 3.05) is 19.7 Å². The van der Waals surface area contributed by atoms with Gasteiger partial charge >= 0.3 is 5.97 Å². The lowest BCUT2D eigenvalue weighted by Crippen LogP contribution is -2.65. The highest BCUT2D eigenvalue weighted by molar-refractivity contribution is 7.88. The van der Waals surface area contributed by atoms with Crippen molar-refractivity contribution in [3.63, 3.8) is 0 Å². The van der Waals surface area contributed by atoms with E-state index in [1.807, 2.05) is 13.0 Å². The van der Waals surface area contributed by atoms with E-state index >= 15 is 0 Å². The van der Waals surface area contributed by atoms with Crippen molar-refractivity contribution in [3.05, 3.63) is 71.3 Å². The number of sulfonamides is 1. The topological polar surface area (TPSA) is 133 Å². The molecular formula is C27H33N3O7S. The molecule has 2 aliphatic rings. The van der Waals surface area contributed by atoms with Crippen LogP contribution in [-0.4, -0.2) is 72.5 Å². The summed E-state index contributed by atoms with van der Waals surface area (Å²) in [4.78, 5) is 40.2. The lowest BCUT2D eigenvalue weighted by molar-refractivity contribution is -0.154. The van der Waals surface area contributed by atoms with Crippen molar-refractivity contribution < 1.29 is 32.6 Å². The Morgan fingerprint density at radius 1 is 1.08 bits per heavy atom. The number of carboxylic acid groups (broad SMARTS) is 1. The number of hydrogen-bond donors (Lipinski definition) is 2. The van der Waals surface area contributed by atoms with Crippen LogP contribution in [0, 0.1) is 6.92 Å². The Labute approximate surface area is 222 Å². The highest BCUT2D eigenvalue weighted by Crippen LogP contribution is 2.27. The van der Waals surface area contributed by atoms with Crippen LogP contribution in [0.5, 0.6) is 0 Å². The molecule has 0 aromatic heterocycles. The zero-order valence-corrected chi connectivity index (χ0v) is 22.1. The van der Waals surface area contributed by atoms with Crippen molar-refractivity contribution in [3.8, 4) is 0 Å². The van der Waals surface area contributed by atoms with E-state index in [0.29, 0.717) is 37.0 Å². The van der Waals surface area contributed by atoms with Crippen LogP contribution in [0.25, 0.3) is 0 Å². The van der Waals surface area contributed by atoms with Gasteiger partial charge in [0.2, 0.25) is 10.0 Å². The maximum atomic E-state index is 13.8. The van der Waals surface area contributed by atoms with Crippen molar-refractivity contribution in [1.29, 1.82) is 0 Å². The molecule has 11 heteroatoms. The van der Waals surface area contributed by atoms with Gasteiger partial charge in [0.1, 0.15) is 6.10 Å². The molecule has 0 spiro atoms. The van der Waals surface area contributed by atoms with Gasteiger partial charge in [-0.2, -0.15) is 4.31 Å². The Kier molecular flexibility index (Phi) is 8.80. The van der Waals surface area contributed by atoms with Gasteiger partial charge < -0.3 is 20.1 Å². The normalized spacial score (nSPS) is 21.1. The van der Waals surface area contributed by atoms with Crippen LogP contribution in [-0.2, 0) is 34.9 Å². The van der Waals surface area contributed by atoms with Gasteiger partial charge in [0, 0.05) is 19.7 Å². The Morgan fingerprint density at radius 2 is 1.84 bits per heavy atom. The molecule has 2 aliphatic heterocycles. The molecule has 38 heavy (non-hydrogen) atoms. The van der Waals surface area contributed by atoms with Gasteiger partial charge in [0.25, 0.3) is 11.8 Å². The van der Waals surface area contributed by atoms with Crippen molar-refractivity contribution in [1.82, 2.24) is 14.5 Å². The molecule has 2 N–H and O–H groups in total. The van der Waals surface area contributed by atoms with Crippen LogP contribution in [0.4, 0.5) is 0 Å². The van der Waals surface area contributed by atoms with Crippen molar-refractivity contribution in [2.45, 2.75) is 56.7 Å². The molecule has 2 saturated heterocycles. The number of carboxylic acids is 1. The van der Waals surface area contributed by atoms with Gasteiger partial charge in [-0.05, 0) is 37.3 Å². The fourth-order valence-electron chi connectivity index (χ4n) is 4.98. The number of rotatable bonds is 9. The van der Waals surface area contributed by atoms with Crippen LogP contribution in [0.15, 0.2) is 54.6 Å². The summed E-state index contributed by atoms with van der Waals surface area (Å²) in [6.07, 6.45) is -1.06. The van der Waals surface area contributed by atoms with E-state index in [1.54, 1.807) is 48.5 Å². The number of carbonyl (C=O) groups excluding carboxylic acids is 2. The van der Waals surface area contributed by atoms with Crippen LogP contribution in [0.2, 0.25) is 0 Å². The zero-order chi connectivity index (χ0) is 27.3. The fraction of sp³-hybridized carbons (Fsp3) is 0.444. The third-order valence-corrected chi connectivity index (χ3v) is 8.55. The number of aryl methyl sites for hydroxylation is 1. The quantitative estimate of drug-likeness (QED) is 0.495. The van der Waals surface area contributed by atoms with Gasteiger partial charge in [-0.3, -0.25) is 14.4 Å². The molecule has 10 nitrogen and oxygen atoms in total. The van der Waals surface area contributed by atoms with Crippen LogP contribution in [0.3, 0.4) is 0 Å². The second-order valence-electron chi connectivity index (χ2n) is 9.69. The lowest BCUT2D eigenvalue weighted by atomic mass is 10.0. The van der Waals surface area contributed by atoms with E-state index < -0.39 is 52.5 Å². The fourth-order valence-corrected chi connectivity index (χ4v) is 6.68. The molecular weight excluding hydrogens is 510 g/mol. The standard InChI is InChI=1S/C27H33N3O7S/c1-19-8-5-11-21(16-19)22(17-24(31)32)28-25(33)26-29(27(34)23-12-6-15-37-23)13-7-14-30(26)38(35,36)18-20-9-3-2-4-10-20/h2-5,8-11,16,22-23,26H,6-7,12-15,17-18H2,1H3,(H,28,33)(H,31,32). The number of carbonyl (C=O) groups is 3. The Morgan fingerprint density at radius 3 is 2.50 bits per heavy atom. The van der Waals surface area contributed by atoms with Gasteiger partial charge in [-0.1, -0.05) is 60.2 Å². The second kappa shape index (κ2) is 12.1. The molecule has 0 radical (unpaired) electrons. The van der Waals surface area contributed by atoms with Crippen molar-refractivity contribution in [2.24, 2.45) is 0 Å². The maximum absolute atomic E-state index is 13.8. The number of aliphatic carboxylic acids is 1. The largest absolute Gasteiger partial charge is 0.481 e. The Hall–Kier alpha value is -3.28. The number of hydrogen-bond acceptors (Lipinski definition) is 6. The van der Waals surface area contributed by atoms with E-state index in [9.17, 15) is 27.9 Å². The summed E-state index contributed by atoms with van der Waals surface area (Å²) < 4.78 is 33.9. The van der Waals surface area contributed by atoms with Crippen LogP contribution >= 0.6 is 0 Å². The summed E-state index contributed by atoms with van der Waals surface area (Å²) in [5.74, 6) is -2.65. The van der Waals surface area contributed by atoms with Crippen molar-refractivity contribution >= 4 is 27.8 Å². The van der Waals surface area contributed by atoms with E-state index in [4.69, 9.17) is 4.74 Å². The summed E-state index contributed by atoms with van der Waals surface area (Å²) in [6, 6.07) is 14.8. The smallest absolute Gasteiger partial charge is 0.305 e. The summed E-state index contributed by atoms with van der Waals surface area (Å²) in [5, 5.41) is 12.3.